The van der Waals surface area contributed by atoms with Gasteiger partial charge < -0.3 is 18.6 Å². The molecular weight excluding hydrogens is 602 g/mol. The second kappa shape index (κ2) is 14.6. The van der Waals surface area contributed by atoms with E-state index in [1.54, 1.807) is 62.4 Å². The maximum atomic E-state index is 15.7. The van der Waals surface area contributed by atoms with Crippen LogP contribution in [0, 0.1) is 27.7 Å². The van der Waals surface area contributed by atoms with Gasteiger partial charge in [0.1, 0.15) is 11.3 Å². The van der Waals surface area contributed by atoms with Gasteiger partial charge in [0.2, 0.25) is 0 Å². The molecule has 6 nitrogen and oxygen atoms in total. The number of carbonyl (C=O) groups is 2. The Bertz CT molecular complexity index is 1480. The Morgan fingerprint density at radius 1 is 0.489 bits per heavy atom. The molecule has 4 rings (SSSR count). The lowest BCUT2D eigenvalue weighted by Gasteiger charge is -2.33. The van der Waals surface area contributed by atoms with Crippen LogP contribution in [0.25, 0.3) is 0 Å². The van der Waals surface area contributed by atoms with E-state index < -0.39 is 37.5 Å². The molecule has 45 heavy (non-hydrogen) atoms. The van der Waals surface area contributed by atoms with Crippen LogP contribution in [0.15, 0.2) is 97.1 Å². The predicted octanol–water partition coefficient (Wildman–Crippen LogP) is 6.50. The van der Waals surface area contributed by atoms with E-state index in [9.17, 15) is 9.59 Å². The molecule has 0 spiro atoms. The summed E-state index contributed by atoms with van der Waals surface area (Å²) in [5.74, 6) is -1.42. The van der Waals surface area contributed by atoms with Crippen LogP contribution in [0.3, 0.4) is 0 Å². The molecule has 8 heteroatoms. The first-order valence-corrected chi connectivity index (χ1v) is 18.8. The van der Waals surface area contributed by atoms with E-state index in [1.165, 1.54) is 0 Å². The van der Waals surface area contributed by atoms with E-state index in [2.05, 4.69) is 0 Å². The van der Waals surface area contributed by atoms with E-state index in [0.717, 1.165) is 22.3 Å². The van der Waals surface area contributed by atoms with Crippen molar-refractivity contribution in [2.45, 2.75) is 59.3 Å². The Morgan fingerprint density at radius 2 is 0.711 bits per heavy atom. The number of ether oxygens (including phenoxy) is 2. The highest BCUT2D eigenvalue weighted by Gasteiger charge is 2.50. The van der Waals surface area contributed by atoms with Crippen LogP contribution in [0.5, 0.6) is 0 Å². The number of carbonyl (C=O) groups excluding carboxylic acids is 2. The fourth-order valence-electron chi connectivity index (χ4n) is 5.56. The minimum absolute atomic E-state index is 0.0504. The molecule has 0 bridgehead atoms. The smallest absolute Gasteiger partial charge is 0.317 e. The Labute approximate surface area is 266 Å². The van der Waals surface area contributed by atoms with Crippen LogP contribution in [0.4, 0.5) is 0 Å². The first-order valence-electron chi connectivity index (χ1n) is 15.3. The number of hydrogen-bond acceptors (Lipinski definition) is 6. The van der Waals surface area contributed by atoms with Crippen molar-refractivity contribution in [3.05, 3.63) is 119 Å². The lowest BCUT2D eigenvalue weighted by atomic mass is 10.2. The SMILES string of the molecule is CCOC(=O)C(CC(C(=O)OCC)P(=O)(c1ccc(C)cc1)c1ccc(C)cc1)P(=O)(c1ccc(C)cc1)c1ccc(C)cc1. The van der Waals surface area contributed by atoms with Crippen molar-refractivity contribution < 1.29 is 28.2 Å². The zero-order chi connectivity index (χ0) is 32.8. The molecule has 0 heterocycles. The minimum Gasteiger partial charge on any atom is -0.465 e. The highest BCUT2D eigenvalue weighted by Crippen LogP contribution is 2.57. The number of rotatable bonds is 12. The molecule has 0 aliphatic carbocycles. The number of hydrogen-bond donors (Lipinski definition) is 0. The van der Waals surface area contributed by atoms with Crippen molar-refractivity contribution >= 4 is 47.4 Å². The van der Waals surface area contributed by atoms with Crippen LogP contribution in [-0.2, 0) is 28.2 Å². The van der Waals surface area contributed by atoms with Crippen molar-refractivity contribution in [2.75, 3.05) is 13.2 Å². The minimum atomic E-state index is -3.84. The van der Waals surface area contributed by atoms with Crippen molar-refractivity contribution in [3.8, 4) is 0 Å². The molecule has 0 aliphatic heterocycles. The maximum Gasteiger partial charge on any atom is 0.317 e. The number of aryl methyl sites for hydroxylation is 4. The van der Waals surface area contributed by atoms with Gasteiger partial charge in [-0.15, -0.1) is 0 Å². The summed E-state index contributed by atoms with van der Waals surface area (Å²) in [4.78, 5) is 28.1. The molecule has 4 aromatic rings. The molecule has 2 unspecified atom stereocenters. The molecule has 236 valence electrons. The Balaban J connectivity index is 2.02. The van der Waals surface area contributed by atoms with Gasteiger partial charge in [-0.1, -0.05) is 119 Å². The summed E-state index contributed by atoms with van der Waals surface area (Å²) in [6, 6.07) is 28.9. The summed E-state index contributed by atoms with van der Waals surface area (Å²) < 4.78 is 42.6. The molecule has 0 N–H and O–H groups in total. The predicted molar refractivity (Wildman–Crippen MR) is 184 cm³/mol. The van der Waals surface area contributed by atoms with Gasteiger partial charge in [-0.2, -0.15) is 0 Å². The van der Waals surface area contributed by atoms with Crippen molar-refractivity contribution in [1.82, 2.24) is 0 Å². The quantitative estimate of drug-likeness (QED) is 0.129. The van der Waals surface area contributed by atoms with Crippen LogP contribution in [0.1, 0.15) is 42.5 Å². The second-order valence-electron chi connectivity index (χ2n) is 11.4. The Morgan fingerprint density at radius 3 is 0.911 bits per heavy atom. The zero-order valence-electron chi connectivity index (χ0n) is 26.9. The van der Waals surface area contributed by atoms with Gasteiger partial charge in [-0.25, -0.2) is 0 Å². The van der Waals surface area contributed by atoms with Crippen molar-refractivity contribution in [1.29, 1.82) is 0 Å². The summed E-state index contributed by atoms with van der Waals surface area (Å²) in [7, 11) is -7.69. The summed E-state index contributed by atoms with van der Waals surface area (Å²) >= 11 is 0. The molecule has 0 amide bonds. The van der Waals surface area contributed by atoms with E-state index in [1.807, 2.05) is 76.2 Å². The number of esters is 2. The van der Waals surface area contributed by atoms with Crippen molar-refractivity contribution in [2.24, 2.45) is 0 Å². The topological polar surface area (TPSA) is 86.7 Å². The lowest BCUT2D eigenvalue weighted by molar-refractivity contribution is -0.144. The van der Waals surface area contributed by atoms with Crippen molar-refractivity contribution in [3.63, 3.8) is 0 Å². The fourth-order valence-corrected chi connectivity index (χ4v) is 11.9. The highest BCUT2D eigenvalue weighted by molar-refractivity contribution is 7.81. The molecule has 2 atom stereocenters. The molecule has 0 saturated carbocycles. The van der Waals surface area contributed by atoms with Crippen LogP contribution >= 0.6 is 14.3 Å². The van der Waals surface area contributed by atoms with E-state index >= 15 is 9.13 Å². The molecule has 0 fully saturated rings. The van der Waals surface area contributed by atoms with Gasteiger partial charge in [0.05, 0.1) is 13.2 Å². The molecule has 4 aromatic carbocycles. The van der Waals surface area contributed by atoms with Gasteiger partial charge in [0.25, 0.3) is 0 Å². The molecule has 0 saturated heterocycles. The molecule has 0 aromatic heterocycles. The van der Waals surface area contributed by atoms with E-state index in [4.69, 9.17) is 9.47 Å². The normalized spacial score (nSPS) is 13.1. The molecule has 0 aliphatic rings. The third-order valence-electron chi connectivity index (χ3n) is 8.11. The third kappa shape index (κ3) is 7.24. The maximum absolute atomic E-state index is 15.7. The van der Waals surface area contributed by atoms with Gasteiger partial charge in [0, 0.05) is 21.2 Å². The second-order valence-corrected chi connectivity index (χ2v) is 17.4. The molecule has 0 radical (unpaired) electrons. The highest BCUT2D eigenvalue weighted by atomic mass is 31.2. The summed E-state index contributed by atoms with van der Waals surface area (Å²) in [6.07, 6.45) is -0.310. The Hall–Kier alpha value is -3.72. The summed E-state index contributed by atoms with van der Waals surface area (Å²) in [5, 5.41) is 1.83. The van der Waals surface area contributed by atoms with Crippen LogP contribution in [0.2, 0.25) is 0 Å². The standard InChI is InChI=1S/C37H42O6P2/c1-7-42-36(38)34(44(40,30-17-9-26(3)10-18-30)31-19-11-27(4)12-20-31)25-35(37(39)43-8-2)45(41,32-21-13-28(5)14-22-32)33-23-15-29(6)16-24-33/h9-24,34-35H,7-8,25H2,1-6H3. The van der Waals surface area contributed by atoms with Gasteiger partial charge in [0.15, 0.2) is 14.3 Å². The largest absolute Gasteiger partial charge is 0.465 e. The first kappa shape index (κ1) is 34.2. The first-order chi connectivity index (χ1) is 21.4. The van der Waals surface area contributed by atoms with E-state index in [-0.39, 0.29) is 19.6 Å². The lowest BCUT2D eigenvalue weighted by Crippen LogP contribution is -2.41. The Kier molecular flexibility index (Phi) is 11.1. The third-order valence-corrected chi connectivity index (χ3v) is 15.0. The fraction of sp³-hybridized carbons (Fsp3) is 0.297. The van der Waals surface area contributed by atoms with Gasteiger partial charge in [-0.3, -0.25) is 9.59 Å². The number of benzene rings is 4. The zero-order valence-corrected chi connectivity index (χ0v) is 28.6. The summed E-state index contributed by atoms with van der Waals surface area (Å²) in [5.41, 5.74) is 1.23. The van der Waals surface area contributed by atoms with E-state index in [0.29, 0.717) is 21.2 Å². The average molecular weight is 645 g/mol. The van der Waals surface area contributed by atoms with Crippen LogP contribution < -0.4 is 21.2 Å². The molecular formula is C37H42O6P2. The van der Waals surface area contributed by atoms with Gasteiger partial charge >= 0.3 is 11.9 Å². The average Bonchev–Trinajstić information content (AvgIpc) is 3.02. The van der Waals surface area contributed by atoms with Gasteiger partial charge in [-0.05, 0) is 48.0 Å². The summed E-state index contributed by atoms with van der Waals surface area (Å²) in [6.45, 7) is 11.2. The monoisotopic (exact) mass is 644 g/mol. The van der Waals surface area contributed by atoms with Crippen LogP contribution in [-0.4, -0.2) is 36.5 Å².